The van der Waals surface area contributed by atoms with Crippen molar-refractivity contribution in [3.05, 3.63) is 94.1 Å². The van der Waals surface area contributed by atoms with E-state index in [0.29, 0.717) is 25.3 Å². The monoisotopic (exact) mass is 374 g/mol. The molecule has 5 nitrogen and oxygen atoms in total. The Bertz CT molecular complexity index is 1140. The van der Waals surface area contributed by atoms with E-state index in [1.165, 1.54) is 6.07 Å². The predicted octanol–water partition coefficient (Wildman–Crippen LogP) is 4.15. The highest BCUT2D eigenvalue weighted by molar-refractivity contribution is 5.77. The second-order valence-corrected chi connectivity index (χ2v) is 6.81. The van der Waals surface area contributed by atoms with Gasteiger partial charge < -0.3 is 19.5 Å². The Balaban J connectivity index is 1.40. The molecule has 0 aliphatic rings. The molecule has 142 valence electrons. The summed E-state index contributed by atoms with van der Waals surface area (Å²) in [6.07, 6.45) is 2.39. The summed E-state index contributed by atoms with van der Waals surface area (Å²) in [5, 5.41) is 1.08. The maximum atomic E-state index is 12.4. The number of hydrogen-bond acceptors (Lipinski definition) is 4. The second-order valence-electron chi connectivity index (χ2n) is 6.81. The van der Waals surface area contributed by atoms with Crippen LogP contribution in [0.2, 0.25) is 0 Å². The van der Waals surface area contributed by atoms with Gasteiger partial charge in [0.15, 0.2) is 0 Å². The number of nitrogens with two attached hydrogens (primary N) is 1. The van der Waals surface area contributed by atoms with E-state index < -0.39 is 0 Å². The topological polar surface area (TPSA) is 70.4 Å². The number of rotatable bonds is 6. The first-order valence-electron chi connectivity index (χ1n) is 9.25. The van der Waals surface area contributed by atoms with E-state index in [1.807, 2.05) is 61.5 Å². The van der Waals surface area contributed by atoms with Crippen molar-refractivity contribution in [1.29, 1.82) is 0 Å². The van der Waals surface area contributed by atoms with E-state index in [0.717, 1.165) is 33.5 Å². The summed E-state index contributed by atoms with van der Waals surface area (Å²) in [5.41, 5.74) is 9.47. The van der Waals surface area contributed by atoms with E-state index in [-0.39, 0.29) is 5.56 Å². The number of nitrogen functional groups attached to an aromatic ring is 1. The van der Waals surface area contributed by atoms with Crippen molar-refractivity contribution in [3.63, 3.8) is 0 Å². The van der Waals surface area contributed by atoms with Crippen LogP contribution in [0.1, 0.15) is 16.9 Å². The Kier molecular flexibility index (Phi) is 4.89. The number of fused-ring (bicyclic) bond motifs is 1. The molecule has 0 fully saturated rings. The zero-order chi connectivity index (χ0) is 19.5. The van der Waals surface area contributed by atoms with Crippen LogP contribution in [0, 0.1) is 6.92 Å². The molecule has 0 saturated carbocycles. The fraction of sp³-hybridized carbons (Fsp3) is 0.174. The third kappa shape index (κ3) is 3.78. The van der Waals surface area contributed by atoms with Gasteiger partial charge in [0.25, 0.3) is 5.56 Å². The molecular formula is C23H22N2O3. The first kappa shape index (κ1) is 17.9. The Morgan fingerprint density at radius 1 is 1.07 bits per heavy atom. The molecule has 0 spiro atoms. The molecule has 2 N–H and O–H groups in total. The summed E-state index contributed by atoms with van der Waals surface area (Å²) in [6.45, 7) is 2.89. The predicted molar refractivity (Wildman–Crippen MR) is 111 cm³/mol. The number of para-hydroxylation sites is 1. The Labute approximate surface area is 163 Å². The van der Waals surface area contributed by atoms with Crippen molar-refractivity contribution < 1.29 is 9.15 Å². The van der Waals surface area contributed by atoms with Crippen molar-refractivity contribution >= 4 is 16.7 Å². The summed E-state index contributed by atoms with van der Waals surface area (Å²) in [7, 11) is 0. The number of pyridine rings is 1. The van der Waals surface area contributed by atoms with Crippen LogP contribution in [0.25, 0.3) is 11.0 Å². The average molecular weight is 374 g/mol. The third-order valence-electron chi connectivity index (χ3n) is 4.89. The third-order valence-corrected chi connectivity index (χ3v) is 4.89. The van der Waals surface area contributed by atoms with Crippen LogP contribution in [0.15, 0.2) is 76.1 Å². The van der Waals surface area contributed by atoms with E-state index in [1.54, 1.807) is 10.8 Å². The molecule has 4 rings (SSSR count). The van der Waals surface area contributed by atoms with E-state index in [2.05, 4.69) is 0 Å². The lowest BCUT2D eigenvalue weighted by Gasteiger charge is -2.11. The zero-order valence-corrected chi connectivity index (χ0v) is 15.7. The van der Waals surface area contributed by atoms with Gasteiger partial charge >= 0.3 is 0 Å². The highest BCUT2D eigenvalue weighted by Gasteiger charge is 2.06. The molecule has 28 heavy (non-hydrogen) atoms. The molecule has 5 heteroatoms. The number of aromatic nitrogens is 1. The van der Waals surface area contributed by atoms with Crippen molar-refractivity contribution in [3.8, 4) is 5.75 Å². The van der Waals surface area contributed by atoms with Crippen molar-refractivity contribution in [2.75, 3.05) is 12.3 Å². The van der Waals surface area contributed by atoms with Gasteiger partial charge in [0.05, 0.1) is 13.2 Å². The van der Waals surface area contributed by atoms with Gasteiger partial charge in [0, 0.05) is 29.8 Å². The number of benzene rings is 2. The number of nitrogens with zero attached hydrogens (tertiary/aromatic N) is 1. The van der Waals surface area contributed by atoms with Gasteiger partial charge in [0.2, 0.25) is 0 Å². The van der Waals surface area contributed by atoms with Crippen molar-refractivity contribution in [2.24, 2.45) is 0 Å². The Hall–Kier alpha value is -3.47. The van der Waals surface area contributed by atoms with E-state index in [4.69, 9.17) is 14.9 Å². The largest absolute Gasteiger partial charge is 0.493 e. The zero-order valence-electron chi connectivity index (χ0n) is 15.7. The van der Waals surface area contributed by atoms with E-state index in [9.17, 15) is 4.79 Å². The maximum Gasteiger partial charge on any atom is 0.254 e. The lowest BCUT2D eigenvalue weighted by molar-refractivity contribution is 0.310. The van der Waals surface area contributed by atoms with Gasteiger partial charge in [-0.15, -0.1) is 0 Å². The Morgan fingerprint density at radius 2 is 1.93 bits per heavy atom. The van der Waals surface area contributed by atoms with Crippen molar-refractivity contribution in [2.45, 2.75) is 19.9 Å². The van der Waals surface area contributed by atoms with Gasteiger partial charge in [-0.1, -0.05) is 30.3 Å². The number of ether oxygens (including phenoxy) is 1. The van der Waals surface area contributed by atoms with Crippen LogP contribution in [0.4, 0.5) is 5.69 Å². The molecule has 0 saturated heterocycles. The molecule has 0 bridgehead atoms. The van der Waals surface area contributed by atoms with Gasteiger partial charge in [-0.3, -0.25) is 4.79 Å². The molecule has 2 aromatic carbocycles. The van der Waals surface area contributed by atoms with Crippen molar-refractivity contribution in [1.82, 2.24) is 4.57 Å². The fourth-order valence-electron chi connectivity index (χ4n) is 3.20. The van der Waals surface area contributed by atoms with Gasteiger partial charge in [-0.25, -0.2) is 0 Å². The fourth-order valence-corrected chi connectivity index (χ4v) is 3.20. The molecular weight excluding hydrogens is 352 g/mol. The summed E-state index contributed by atoms with van der Waals surface area (Å²) in [5.74, 6) is 1.42. The number of anilines is 1. The number of hydrogen-bond donors (Lipinski definition) is 1. The van der Waals surface area contributed by atoms with Crippen LogP contribution in [-0.2, 0) is 13.0 Å². The molecule has 0 atom stereocenters. The minimum Gasteiger partial charge on any atom is -0.493 e. The highest BCUT2D eigenvalue weighted by Crippen LogP contribution is 2.20. The molecule has 2 aromatic heterocycles. The summed E-state index contributed by atoms with van der Waals surface area (Å²) in [4.78, 5) is 12.4. The Morgan fingerprint density at radius 3 is 2.75 bits per heavy atom. The van der Waals surface area contributed by atoms with Crippen LogP contribution in [0.5, 0.6) is 5.75 Å². The van der Waals surface area contributed by atoms with Crippen LogP contribution in [0.3, 0.4) is 0 Å². The molecule has 4 aromatic rings. The van der Waals surface area contributed by atoms with Crippen LogP contribution >= 0.6 is 0 Å². The lowest BCUT2D eigenvalue weighted by Crippen LogP contribution is -2.20. The highest BCUT2D eigenvalue weighted by atomic mass is 16.5. The van der Waals surface area contributed by atoms with Gasteiger partial charge in [0.1, 0.15) is 17.1 Å². The molecule has 2 heterocycles. The molecule has 0 radical (unpaired) electrons. The summed E-state index contributed by atoms with van der Waals surface area (Å²) in [6, 6.07) is 19.0. The number of furan rings is 1. The standard InChI is InChI=1S/C23H22N2O3/c1-16-18(6-4-7-21(16)24)15-25-11-9-19(14-23(25)26)27-12-10-20-13-17-5-2-3-8-22(17)28-20/h2-9,11,13-14H,10,12,15,24H2,1H3. The first-order valence-corrected chi connectivity index (χ1v) is 9.25. The lowest BCUT2D eigenvalue weighted by atomic mass is 10.1. The second kappa shape index (κ2) is 7.64. The molecule has 0 aliphatic heterocycles. The SMILES string of the molecule is Cc1c(N)cccc1Cn1ccc(OCCc2cc3ccccc3o2)cc1=O. The van der Waals surface area contributed by atoms with Gasteiger partial charge in [-0.2, -0.15) is 0 Å². The smallest absolute Gasteiger partial charge is 0.254 e. The first-order chi connectivity index (χ1) is 13.6. The minimum atomic E-state index is -0.108. The molecule has 0 unspecified atom stereocenters. The average Bonchev–Trinajstić information content (AvgIpc) is 3.10. The van der Waals surface area contributed by atoms with Gasteiger partial charge in [-0.05, 0) is 42.3 Å². The summed E-state index contributed by atoms with van der Waals surface area (Å²) >= 11 is 0. The van der Waals surface area contributed by atoms with E-state index >= 15 is 0 Å². The normalized spacial score (nSPS) is 11.0. The quantitative estimate of drug-likeness (QED) is 0.515. The molecule has 0 aliphatic carbocycles. The van der Waals surface area contributed by atoms with Crippen LogP contribution < -0.4 is 16.0 Å². The molecule has 0 amide bonds. The summed E-state index contributed by atoms with van der Waals surface area (Å²) < 4.78 is 13.2. The minimum absolute atomic E-state index is 0.108. The van der Waals surface area contributed by atoms with Crippen LogP contribution in [-0.4, -0.2) is 11.2 Å². The maximum absolute atomic E-state index is 12.4.